The summed E-state index contributed by atoms with van der Waals surface area (Å²) in [6.07, 6.45) is 5.77. The summed E-state index contributed by atoms with van der Waals surface area (Å²) >= 11 is 0. The maximum atomic E-state index is 13.1. The minimum absolute atomic E-state index is 0.0873. The molecule has 0 spiro atoms. The Bertz CT molecular complexity index is 598. The lowest BCUT2D eigenvalue weighted by molar-refractivity contribution is 0.0915. The fraction of sp³-hybridized carbons (Fsp3) is 0.353. The van der Waals surface area contributed by atoms with Gasteiger partial charge in [0.1, 0.15) is 5.82 Å². The Balaban J connectivity index is 1.75. The van der Waals surface area contributed by atoms with Crippen molar-refractivity contribution in [2.24, 2.45) is 0 Å². The van der Waals surface area contributed by atoms with Crippen LogP contribution in [0.3, 0.4) is 0 Å². The number of amides is 1. The van der Waals surface area contributed by atoms with Gasteiger partial charge in [0.15, 0.2) is 5.76 Å². The highest BCUT2D eigenvalue weighted by molar-refractivity contribution is 5.91. The van der Waals surface area contributed by atoms with E-state index in [2.05, 4.69) is 5.32 Å². The van der Waals surface area contributed by atoms with Crippen molar-refractivity contribution in [3.8, 4) is 0 Å². The number of carbonyl (C=O) groups is 1. The molecular weight excluding hydrogens is 269 g/mol. The van der Waals surface area contributed by atoms with Crippen molar-refractivity contribution in [2.45, 2.75) is 31.1 Å². The number of furan rings is 1. The summed E-state index contributed by atoms with van der Waals surface area (Å²) in [5.41, 5.74) is 1.01. The molecule has 1 fully saturated rings. The molecule has 4 heteroatoms. The fourth-order valence-electron chi connectivity index (χ4n) is 3.17. The quantitative estimate of drug-likeness (QED) is 0.932. The molecule has 1 saturated carbocycles. The van der Waals surface area contributed by atoms with Gasteiger partial charge < -0.3 is 9.73 Å². The number of rotatable bonds is 4. The Morgan fingerprint density at radius 3 is 2.52 bits per heavy atom. The molecule has 1 aromatic carbocycles. The molecule has 2 aromatic rings. The van der Waals surface area contributed by atoms with Gasteiger partial charge in [-0.2, -0.15) is 0 Å². The average Bonchev–Trinajstić information content (AvgIpc) is 3.18. The zero-order valence-corrected chi connectivity index (χ0v) is 11.8. The largest absolute Gasteiger partial charge is 0.459 e. The number of halogens is 1. The minimum Gasteiger partial charge on any atom is -0.459 e. The van der Waals surface area contributed by atoms with Crippen LogP contribution in [0.4, 0.5) is 4.39 Å². The van der Waals surface area contributed by atoms with E-state index in [0.29, 0.717) is 12.3 Å². The van der Waals surface area contributed by atoms with E-state index in [-0.39, 0.29) is 17.1 Å². The maximum Gasteiger partial charge on any atom is 0.287 e. The first kappa shape index (κ1) is 13.9. The van der Waals surface area contributed by atoms with Crippen LogP contribution < -0.4 is 5.32 Å². The zero-order valence-electron chi connectivity index (χ0n) is 11.8. The maximum absolute atomic E-state index is 13.1. The summed E-state index contributed by atoms with van der Waals surface area (Å²) in [6.45, 7) is 0.554. The van der Waals surface area contributed by atoms with Gasteiger partial charge in [-0.25, -0.2) is 4.39 Å². The lowest BCUT2D eigenvalue weighted by Gasteiger charge is -2.29. The SMILES string of the molecule is O=C(NCC1(c2ccc(F)cc2)CCCC1)c1ccco1. The van der Waals surface area contributed by atoms with Gasteiger partial charge in [-0.15, -0.1) is 0 Å². The van der Waals surface area contributed by atoms with Gasteiger partial charge in [0.05, 0.1) is 6.26 Å². The van der Waals surface area contributed by atoms with Crippen molar-refractivity contribution >= 4 is 5.91 Å². The predicted octanol–water partition coefficient (Wildman–Crippen LogP) is 3.66. The third-order valence-electron chi connectivity index (χ3n) is 4.35. The minimum atomic E-state index is -0.230. The van der Waals surface area contributed by atoms with E-state index in [4.69, 9.17) is 4.42 Å². The molecule has 0 aliphatic heterocycles. The summed E-state index contributed by atoms with van der Waals surface area (Å²) in [6, 6.07) is 9.99. The molecule has 110 valence electrons. The Hall–Kier alpha value is -2.10. The lowest BCUT2D eigenvalue weighted by atomic mass is 9.79. The number of hydrogen-bond acceptors (Lipinski definition) is 2. The number of hydrogen-bond donors (Lipinski definition) is 1. The van der Waals surface area contributed by atoms with Gasteiger partial charge in [-0.1, -0.05) is 25.0 Å². The van der Waals surface area contributed by atoms with Gasteiger partial charge in [0, 0.05) is 12.0 Å². The lowest BCUT2D eigenvalue weighted by Crippen LogP contribution is -2.38. The summed E-state index contributed by atoms with van der Waals surface area (Å²) < 4.78 is 18.2. The summed E-state index contributed by atoms with van der Waals surface area (Å²) in [5.74, 6) is -0.109. The van der Waals surface area contributed by atoms with E-state index in [1.807, 2.05) is 12.1 Å². The highest BCUT2D eigenvalue weighted by atomic mass is 19.1. The highest BCUT2D eigenvalue weighted by Gasteiger charge is 2.36. The molecule has 0 radical (unpaired) electrons. The molecule has 3 rings (SSSR count). The van der Waals surface area contributed by atoms with Gasteiger partial charge in [0.25, 0.3) is 5.91 Å². The number of nitrogens with one attached hydrogen (secondary N) is 1. The molecule has 0 saturated heterocycles. The van der Waals surface area contributed by atoms with Crippen molar-refractivity contribution in [2.75, 3.05) is 6.54 Å². The second-order valence-electron chi connectivity index (χ2n) is 5.65. The van der Waals surface area contributed by atoms with Crippen LogP contribution in [0.2, 0.25) is 0 Å². The molecular formula is C17H18FNO2. The topological polar surface area (TPSA) is 42.2 Å². The van der Waals surface area contributed by atoms with Crippen molar-refractivity contribution in [3.05, 3.63) is 59.8 Å². The molecule has 1 heterocycles. The molecule has 1 N–H and O–H groups in total. The number of benzene rings is 1. The van der Waals surface area contributed by atoms with Crippen LogP contribution in [-0.2, 0) is 5.41 Å². The third-order valence-corrected chi connectivity index (χ3v) is 4.35. The normalized spacial score (nSPS) is 16.8. The first-order chi connectivity index (χ1) is 10.2. The molecule has 3 nitrogen and oxygen atoms in total. The van der Waals surface area contributed by atoms with E-state index >= 15 is 0 Å². The van der Waals surface area contributed by atoms with Crippen LogP contribution in [0.25, 0.3) is 0 Å². The van der Waals surface area contributed by atoms with E-state index in [1.54, 1.807) is 12.1 Å². The second-order valence-corrected chi connectivity index (χ2v) is 5.65. The van der Waals surface area contributed by atoms with Crippen LogP contribution in [0.15, 0.2) is 47.1 Å². The second kappa shape index (κ2) is 5.72. The predicted molar refractivity (Wildman–Crippen MR) is 77.6 cm³/mol. The number of carbonyl (C=O) groups excluding carboxylic acids is 1. The van der Waals surface area contributed by atoms with Gasteiger partial charge in [-0.05, 0) is 42.7 Å². The van der Waals surface area contributed by atoms with E-state index in [0.717, 1.165) is 31.2 Å². The molecule has 21 heavy (non-hydrogen) atoms. The van der Waals surface area contributed by atoms with Gasteiger partial charge in [-0.3, -0.25) is 4.79 Å². The average molecular weight is 287 g/mol. The van der Waals surface area contributed by atoms with E-state index in [9.17, 15) is 9.18 Å². The van der Waals surface area contributed by atoms with Crippen molar-refractivity contribution in [1.29, 1.82) is 0 Å². The molecule has 0 bridgehead atoms. The third kappa shape index (κ3) is 2.84. The molecule has 0 atom stereocenters. The molecule has 0 unspecified atom stereocenters. The Kier molecular flexibility index (Phi) is 3.78. The molecule has 1 amide bonds. The molecule has 1 aromatic heterocycles. The Morgan fingerprint density at radius 1 is 1.19 bits per heavy atom. The van der Waals surface area contributed by atoms with Crippen LogP contribution in [-0.4, -0.2) is 12.5 Å². The summed E-state index contributed by atoms with van der Waals surface area (Å²) in [5, 5.41) is 2.95. The molecule has 1 aliphatic carbocycles. The Labute approximate surface area is 123 Å². The van der Waals surface area contributed by atoms with Crippen molar-refractivity contribution < 1.29 is 13.6 Å². The highest BCUT2D eigenvalue weighted by Crippen LogP contribution is 2.40. The summed E-state index contributed by atoms with van der Waals surface area (Å²) in [7, 11) is 0. The van der Waals surface area contributed by atoms with Crippen LogP contribution in [0, 0.1) is 5.82 Å². The first-order valence-electron chi connectivity index (χ1n) is 7.27. The monoisotopic (exact) mass is 287 g/mol. The van der Waals surface area contributed by atoms with Crippen LogP contribution in [0.5, 0.6) is 0 Å². The van der Waals surface area contributed by atoms with Crippen molar-refractivity contribution in [3.63, 3.8) is 0 Å². The van der Waals surface area contributed by atoms with Crippen LogP contribution in [0.1, 0.15) is 41.8 Å². The van der Waals surface area contributed by atoms with E-state index in [1.165, 1.54) is 18.4 Å². The first-order valence-corrected chi connectivity index (χ1v) is 7.27. The standard InChI is InChI=1S/C17H18FNO2/c18-14-7-5-13(6-8-14)17(9-1-2-10-17)12-19-16(20)15-4-3-11-21-15/h3-8,11H,1-2,9-10,12H2,(H,19,20). The zero-order chi connectivity index (χ0) is 14.7. The molecule has 1 aliphatic rings. The smallest absolute Gasteiger partial charge is 0.287 e. The Morgan fingerprint density at radius 2 is 1.90 bits per heavy atom. The van der Waals surface area contributed by atoms with Gasteiger partial charge in [0.2, 0.25) is 0 Å². The summed E-state index contributed by atoms with van der Waals surface area (Å²) in [4.78, 5) is 12.0. The van der Waals surface area contributed by atoms with Gasteiger partial charge >= 0.3 is 0 Å². The van der Waals surface area contributed by atoms with Crippen molar-refractivity contribution in [1.82, 2.24) is 5.32 Å². The van der Waals surface area contributed by atoms with Crippen LogP contribution >= 0.6 is 0 Å². The van der Waals surface area contributed by atoms with E-state index < -0.39 is 0 Å². The fourth-order valence-corrected chi connectivity index (χ4v) is 3.17.